The van der Waals surface area contributed by atoms with Gasteiger partial charge in [0.15, 0.2) is 0 Å². The largest absolute Gasteiger partial charge is 0.309 e. The van der Waals surface area contributed by atoms with Gasteiger partial charge in [-0.3, -0.25) is 4.40 Å². The SMILES string of the molecule is c1ccc2c(c1)ccc1c2c2ccccc2n1-c1ccc(-c2nc3ccccc3c3nc4ccccc4n23)cc1. The first kappa shape index (κ1) is 21.5. The molecule has 0 aliphatic rings. The van der Waals surface area contributed by atoms with Crippen LogP contribution in [-0.4, -0.2) is 18.9 Å². The summed E-state index contributed by atoms with van der Waals surface area (Å²) in [5.74, 6) is 0.891. The number of imidazole rings is 1. The zero-order chi connectivity index (χ0) is 26.2. The monoisotopic (exact) mass is 510 g/mol. The van der Waals surface area contributed by atoms with Gasteiger partial charge in [-0.1, -0.05) is 72.8 Å². The summed E-state index contributed by atoms with van der Waals surface area (Å²) in [6.45, 7) is 0. The summed E-state index contributed by atoms with van der Waals surface area (Å²) in [4.78, 5) is 10.1. The third-order valence-electron chi connectivity index (χ3n) is 8.09. The number of rotatable bonds is 2. The molecule has 9 rings (SSSR count). The first-order valence-corrected chi connectivity index (χ1v) is 13.5. The van der Waals surface area contributed by atoms with Crippen LogP contribution >= 0.6 is 0 Å². The summed E-state index contributed by atoms with van der Waals surface area (Å²) in [5.41, 5.74) is 8.48. The van der Waals surface area contributed by atoms with Crippen LogP contribution in [-0.2, 0) is 0 Å². The molecule has 0 N–H and O–H groups in total. The van der Waals surface area contributed by atoms with Crippen molar-refractivity contribution in [2.45, 2.75) is 0 Å². The Labute approximate surface area is 229 Å². The van der Waals surface area contributed by atoms with Gasteiger partial charge in [0, 0.05) is 27.4 Å². The van der Waals surface area contributed by atoms with E-state index in [1.807, 2.05) is 18.2 Å². The van der Waals surface area contributed by atoms with Gasteiger partial charge >= 0.3 is 0 Å². The predicted molar refractivity (Wildman–Crippen MR) is 165 cm³/mol. The van der Waals surface area contributed by atoms with E-state index in [2.05, 4.69) is 124 Å². The maximum Gasteiger partial charge on any atom is 0.149 e. The summed E-state index contributed by atoms with van der Waals surface area (Å²) in [6.07, 6.45) is 0. The summed E-state index contributed by atoms with van der Waals surface area (Å²) < 4.78 is 4.57. The van der Waals surface area contributed by atoms with Gasteiger partial charge < -0.3 is 4.57 Å². The number of benzene rings is 6. The van der Waals surface area contributed by atoms with E-state index in [9.17, 15) is 0 Å². The molecule has 186 valence electrons. The number of hydrogen-bond acceptors (Lipinski definition) is 2. The predicted octanol–water partition coefficient (Wildman–Crippen LogP) is 8.95. The molecule has 0 atom stereocenters. The topological polar surface area (TPSA) is 35.1 Å². The van der Waals surface area contributed by atoms with E-state index in [4.69, 9.17) is 9.97 Å². The standard InChI is InChI=1S/C36H22N4/c1-2-10-26-23(9-1)19-22-33-34(26)28-12-4-7-15-31(28)39(33)25-20-17-24(18-21-25)35-37-29-13-5-3-11-27(29)36-38-30-14-6-8-16-32(30)40(35)36/h1-22H. The second-order valence-electron chi connectivity index (χ2n) is 10.3. The molecule has 0 aliphatic carbocycles. The molecule has 9 aromatic rings. The highest BCUT2D eigenvalue weighted by Crippen LogP contribution is 2.37. The smallest absolute Gasteiger partial charge is 0.149 e. The quantitative estimate of drug-likeness (QED) is 0.233. The van der Waals surface area contributed by atoms with Crippen LogP contribution in [0.2, 0.25) is 0 Å². The molecule has 0 amide bonds. The van der Waals surface area contributed by atoms with Crippen molar-refractivity contribution in [2.75, 3.05) is 0 Å². The highest BCUT2D eigenvalue weighted by molar-refractivity contribution is 6.21. The fraction of sp³-hybridized carbons (Fsp3) is 0. The zero-order valence-electron chi connectivity index (χ0n) is 21.5. The molecule has 0 bridgehead atoms. The molecule has 4 nitrogen and oxygen atoms in total. The lowest BCUT2D eigenvalue weighted by Gasteiger charge is -2.12. The van der Waals surface area contributed by atoms with Gasteiger partial charge in [-0.2, -0.15) is 0 Å². The minimum absolute atomic E-state index is 0.891. The van der Waals surface area contributed by atoms with Gasteiger partial charge in [-0.05, 0) is 71.4 Å². The van der Waals surface area contributed by atoms with Crippen molar-refractivity contribution >= 4 is 60.2 Å². The third-order valence-corrected chi connectivity index (χ3v) is 8.09. The minimum Gasteiger partial charge on any atom is -0.309 e. The van der Waals surface area contributed by atoms with Crippen LogP contribution in [0.15, 0.2) is 133 Å². The Morgan fingerprint density at radius 3 is 1.98 bits per heavy atom. The van der Waals surface area contributed by atoms with E-state index in [0.717, 1.165) is 44.7 Å². The molecule has 4 heteroatoms. The normalized spacial score (nSPS) is 12.0. The van der Waals surface area contributed by atoms with Gasteiger partial charge in [0.05, 0.1) is 27.6 Å². The summed E-state index contributed by atoms with van der Waals surface area (Å²) >= 11 is 0. The van der Waals surface area contributed by atoms with E-state index in [0.29, 0.717) is 0 Å². The Kier molecular flexibility index (Phi) is 4.30. The molecule has 0 saturated carbocycles. The molecule has 0 radical (unpaired) electrons. The van der Waals surface area contributed by atoms with Gasteiger partial charge in [0.25, 0.3) is 0 Å². The number of fused-ring (bicyclic) bond motifs is 10. The Morgan fingerprint density at radius 1 is 0.450 bits per heavy atom. The second kappa shape index (κ2) is 8.01. The van der Waals surface area contributed by atoms with Crippen LogP contribution in [0.3, 0.4) is 0 Å². The van der Waals surface area contributed by atoms with Crippen LogP contribution in [0.5, 0.6) is 0 Å². The van der Waals surface area contributed by atoms with Crippen molar-refractivity contribution in [3.8, 4) is 17.1 Å². The summed E-state index contributed by atoms with van der Waals surface area (Å²) in [7, 11) is 0. The molecule has 0 spiro atoms. The van der Waals surface area contributed by atoms with Crippen molar-refractivity contribution < 1.29 is 0 Å². The van der Waals surface area contributed by atoms with Crippen molar-refractivity contribution in [3.05, 3.63) is 133 Å². The lowest BCUT2D eigenvalue weighted by molar-refractivity contribution is 1.15. The first-order valence-electron chi connectivity index (χ1n) is 13.5. The first-order chi connectivity index (χ1) is 19.8. The van der Waals surface area contributed by atoms with E-state index in [1.54, 1.807) is 0 Å². The number of nitrogens with zero attached hydrogens (tertiary/aromatic N) is 4. The third kappa shape index (κ3) is 2.90. The Bertz CT molecular complexity index is 2430. The molecule has 3 heterocycles. The van der Waals surface area contributed by atoms with Crippen LogP contribution < -0.4 is 0 Å². The highest BCUT2D eigenvalue weighted by Gasteiger charge is 2.17. The van der Waals surface area contributed by atoms with E-state index >= 15 is 0 Å². The van der Waals surface area contributed by atoms with Crippen LogP contribution in [0, 0.1) is 0 Å². The maximum absolute atomic E-state index is 5.14. The zero-order valence-corrected chi connectivity index (χ0v) is 21.5. The second-order valence-corrected chi connectivity index (χ2v) is 10.3. The fourth-order valence-electron chi connectivity index (χ4n) is 6.32. The minimum atomic E-state index is 0.891. The van der Waals surface area contributed by atoms with Crippen molar-refractivity contribution in [2.24, 2.45) is 0 Å². The van der Waals surface area contributed by atoms with Crippen LogP contribution in [0.1, 0.15) is 0 Å². The average Bonchev–Trinajstić information content (AvgIpc) is 3.58. The fourth-order valence-corrected chi connectivity index (χ4v) is 6.32. The molecule has 3 aromatic heterocycles. The summed E-state index contributed by atoms with van der Waals surface area (Å²) in [5, 5.41) is 6.15. The molecular formula is C36H22N4. The number of para-hydroxylation sites is 4. The van der Waals surface area contributed by atoms with Gasteiger partial charge in [0.1, 0.15) is 11.5 Å². The molecule has 0 fully saturated rings. The molecule has 0 saturated heterocycles. The Balaban J connectivity index is 1.30. The average molecular weight is 511 g/mol. The van der Waals surface area contributed by atoms with Crippen molar-refractivity contribution in [3.63, 3.8) is 0 Å². The van der Waals surface area contributed by atoms with E-state index < -0.39 is 0 Å². The number of aromatic nitrogens is 4. The van der Waals surface area contributed by atoms with Crippen molar-refractivity contribution in [1.29, 1.82) is 0 Å². The molecule has 0 aliphatic heterocycles. The molecule has 40 heavy (non-hydrogen) atoms. The Morgan fingerprint density at radius 2 is 1.12 bits per heavy atom. The molecule has 6 aromatic carbocycles. The molecule has 0 unspecified atom stereocenters. The maximum atomic E-state index is 5.14. The van der Waals surface area contributed by atoms with E-state index in [-0.39, 0.29) is 0 Å². The lowest BCUT2D eigenvalue weighted by atomic mass is 10.0. The Hall–Kier alpha value is -5.48. The van der Waals surface area contributed by atoms with Crippen molar-refractivity contribution in [1.82, 2.24) is 18.9 Å². The van der Waals surface area contributed by atoms with Gasteiger partial charge in [0.2, 0.25) is 0 Å². The van der Waals surface area contributed by atoms with Crippen LogP contribution in [0.25, 0.3) is 77.2 Å². The van der Waals surface area contributed by atoms with Gasteiger partial charge in [-0.15, -0.1) is 0 Å². The number of hydrogen-bond donors (Lipinski definition) is 0. The lowest BCUT2D eigenvalue weighted by Crippen LogP contribution is -1.99. The van der Waals surface area contributed by atoms with E-state index in [1.165, 1.54) is 32.6 Å². The van der Waals surface area contributed by atoms with Gasteiger partial charge in [-0.25, -0.2) is 9.97 Å². The molecular weight excluding hydrogens is 488 g/mol. The summed E-state index contributed by atoms with van der Waals surface area (Å²) in [6, 6.07) is 47.1. The van der Waals surface area contributed by atoms with Crippen LogP contribution in [0.4, 0.5) is 0 Å². The highest BCUT2D eigenvalue weighted by atomic mass is 15.1.